The van der Waals surface area contributed by atoms with Gasteiger partial charge < -0.3 is 15.2 Å². The summed E-state index contributed by atoms with van der Waals surface area (Å²) in [6, 6.07) is 0. The Labute approximate surface area is 100 Å². The summed E-state index contributed by atoms with van der Waals surface area (Å²) < 4.78 is 4.67. The van der Waals surface area contributed by atoms with E-state index in [1.165, 1.54) is 0 Å². The lowest BCUT2D eigenvalue weighted by molar-refractivity contribution is -0.142. The molecule has 0 aromatic carbocycles. The van der Waals surface area contributed by atoms with Gasteiger partial charge in [0.05, 0.1) is 6.61 Å². The quantitative estimate of drug-likeness (QED) is 0.229. The van der Waals surface area contributed by atoms with E-state index in [9.17, 15) is 9.59 Å². The summed E-state index contributed by atoms with van der Waals surface area (Å²) in [5.74, 6) is -1.51. The molecule has 1 rings (SSSR count). The van der Waals surface area contributed by atoms with E-state index in [4.69, 9.17) is 5.53 Å². The van der Waals surface area contributed by atoms with Crippen LogP contribution < -0.4 is 0 Å². The highest BCUT2D eigenvalue weighted by atomic mass is 16.5. The van der Waals surface area contributed by atoms with Crippen molar-refractivity contribution in [1.29, 1.82) is 0 Å². The minimum Gasteiger partial charge on any atom is -0.457 e. The maximum atomic E-state index is 11.9. The van der Waals surface area contributed by atoms with Crippen molar-refractivity contribution in [2.24, 2.45) is 5.92 Å². The van der Waals surface area contributed by atoms with Crippen LogP contribution in [0.15, 0.2) is 0 Å². The molecule has 17 heavy (non-hydrogen) atoms. The summed E-state index contributed by atoms with van der Waals surface area (Å²) in [4.78, 5) is 28.2. The SMILES string of the molecule is CCOC(=O)C(=[N+]=[N-])C(=O)C1CCN(C)CC1. The number of piperidine rings is 1. The Bertz CT molecular complexity index is 353. The van der Waals surface area contributed by atoms with Gasteiger partial charge in [0.25, 0.3) is 5.78 Å². The lowest BCUT2D eigenvalue weighted by Crippen LogP contribution is -2.39. The zero-order chi connectivity index (χ0) is 12.8. The number of ether oxygens (including phenoxy) is 1. The molecular formula is C11H17N3O3. The average molecular weight is 239 g/mol. The minimum absolute atomic E-state index is 0.151. The third-order valence-electron chi connectivity index (χ3n) is 2.89. The Kier molecular flexibility index (Phi) is 5.00. The van der Waals surface area contributed by atoms with Crippen LogP contribution in [0.2, 0.25) is 0 Å². The van der Waals surface area contributed by atoms with Crippen molar-refractivity contribution in [2.45, 2.75) is 19.8 Å². The highest BCUT2D eigenvalue weighted by Gasteiger charge is 2.37. The second-order valence-electron chi connectivity index (χ2n) is 4.11. The predicted octanol–water partition coefficient (Wildman–Crippen LogP) is 0.131. The summed E-state index contributed by atoms with van der Waals surface area (Å²) in [6.07, 6.45) is 1.35. The van der Waals surface area contributed by atoms with E-state index in [0.717, 1.165) is 13.1 Å². The fourth-order valence-electron chi connectivity index (χ4n) is 1.85. The molecule has 1 aliphatic rings. The second kappa shape index (κ2) is 6.27. The van der Waals surface area contributed by atoms with Gasteiger partial charge in [0.1, 0.15) is 0 Å². The lowest BCUT2D eigenvalue weighted by atomic mass is 9.90. The number of rotatable bonds is 4. The van der Waals surface area contributed by atoms with Gasteiger partial charge in [0, 0.05) is 5.92 Å². The third kappa shape index (κ3) is 3.47. The zero-order valence-electron chi connectivity index (χ0n) is 10.2. The molecule has 1 heterocycles. The van der Waals surface area contributed by atoms with Gasteiger partial charge in [0.15, 0.2) is 0 Å². The van der Waals surface area contributed by atoms with Gasteiger partial charge >= 0.3 is 11.7 Å². The smallest absolute Gasteiger partial charge is 0.441 e. The molecule has 0 saturated carbocycles. The maximum Gasteiger partial charge on any atom is 0.441 e. The molecular weight excluding hydrogens is 222 g/mol. The van der Waals surface area contributed by atoms with Crippen LogP contribution in [0.5, 0.6) is 0 Å². The molecule has 0 aliphatic carbocycles. The first-order valence-electron chi connectivity index (χ1n) is 5.72. The molecule has 0 amide bonds. The predicted molar refractivity (Wildman–Crippen MR) is 60.5 cm³/mol. The van der Waals surface area contributed by atoms with E-state index in [2.05, 4.69) is 14.4 Å². The molecule has 6 nitrogen and oxygen atoms in total. The summed E-state index contributed by atoms with van der Waals surface area (Å²) in [7, 11) is 1.98. The number of carbonyl (C=O) groups excluding carboxylic acids is 2. The monoisotopic (exact) mass is 239 g/mol. The molecule has 1 saturated heterocycles. The Morgan fingerprint density at radius 3 is 2.47 bits per heavy atom. The van der Waals surface area contributed by atoms with E-state index in [0.29, 0.717) is 12.8 Å². The molecule has 0 aromatic rings. The fourth-order valence-corrected chi connectivity index (χ4v) is 1.85. The van der Waals surface area contributed by atoms with Gasteiger partial charge in [-0.1, -0.05) is 0 Å². The number of ketones is 1. The van der Waals surface area contributed by atoms with Crippen LogP contribution in [0.3, 0.4) is 0 Å². The minimum atomic E-state index is -0.848. The van der Waals surface area contributed by atoms with Gasteiger partial charge in [0.2, 0.25) is 0 Å². The molecule has 1 aliphatic heterocycles. The highest BCUT2D eigenvalue weighted by Crippen LogP contribution is 2.17. The molecule has 94 valence electrons. The first-order valence-corrected chi connectivity index (χ1v) is 5.72. The van der Waals surface area contributed by atoms with Crippen molar-refractivity contribution in [1.82, 2.24) is 4.90 Å². The Hall–Kier alpha value is -1.52. The molecule has 0 aromatic heterocycles. The molecule has 0 bridgehead atoms. The number of carbonyl (C=O) groups is 2. The van der Waals surface area contributed by atoms with Crippen LogP contribution >= 0.6 is 0 Å². The number of nitrogens with zero attached hydrogens (tertiary/aromatic N) is 3. The average Bonchev–Trinajstić information content (AvgIpc) is 2.31. The Morgan fingerprint density at radius 2 is 2.00 bits per heavy atom. The molecule has 1 fully saturated rings. The molecule has 0 unspecified atom stereocenters. The summed E-state index contributed by atoms with van der Waals surface area (Å²) >= 11 is 0. The number of Topliss-reactive ketones (excluding diaryl/α,β-unsaturated/α-hetero) is 1. The standard InChI is InChI=1S/C11H17N3O3/c1-3-17-11(16)9(13-12)10(15)8-4-6-14(2)7-5-8/h8H,3-7H2,1-2H3. The second-order valence-corrected chi connectivity index (χ2v) is 4.11. The normalized spacial score (nSPS) is 17.3. The molecule has 0 spiro atoms. The van der Waals surface area contributed by atoms with E-state index in [1.54, 1.807) is 6.92 Å². The van der Waals surface area contributed by atoms with E-state index < -0.39 is 17.5 Å². The van der Waals surface area contributed by atoms with Crippen LogP contribution in [0, 0.1) is 5.92 Å². The summed E-state index contributed by atoms with van der Waals surface area (Å²) in [5.41, 5.74) is 8.25. The first kappa shape index (κ1) is 13.5. The van der Waals surface area contributed by atoms with Crippen molar-refractivity contribution in [2.75, 3.05) is 26.7 Å². The van der Waals surface area contributed by atoms with Crippen LogP contribution in [-0.4, -0.2) is 53.9 Å². The maximum absolute atomic E-state index is 11.9. The van der Waals surface area contributed by atoms with Crippen molar-refractivity contribution in [3.8, 4) is 0 Å². The van der Waals surface area contributed by atoms with Gasteiger partial charge in [-0.3, -0.25) is 4.79 Å². The number of hydrogen-bond donors (Lipinski definition) is 0. The van der Waals surface area contributed by atoms with Crippen molar-refractivity contribution < 1.29 is 19.1 Å². The zero-order valence-corrected chi connectivity index (χ0v) is 10.2. The lowest BCUT2D eigenvalue weighted by Gasteiger charge is -2.26. The van der Waals surface area contributed by atoms with E-state index in [-0.39, 0.29) is 12.5 Å². The van der Waals surface area contributed by atoms with Crippen LogP contribution in [0.4, 0.5) is 0 Å². The van der Waals surface area contributed by atoms with Crippen molar-refractivity contribution in [3.63, 3.8) is 0 Å². The van der Waals surface area contributed by atoms with Gasteiger partial charge in [-0.25, -0.2) is 4.79 Å². The molecule has 0 atom stereocenters. The fraction of sp³-hybridized carbons (Fsp3) is 0.727. The van der Waals surface area contributed by atoms with Crippen LogP contribution in [0.25, 0.3) is 5.53 Å². The Morgan fingerprint density at radius 1 is 1.41 bits per heavy atom. The molecule has 0 N–H and O–H groups in total. The summed E-state index contributed by atoms with van der Waals surface area (Å²) in [6.45, 7) is 3.39. The van der Waals surface area contributed by atoms with Gasteiger partial charge in [-0.05, 0) is 39.9 Å². The highest BCUT2D eigenvalue weighted by molar-refractivity contribution is 6.62. The Balaban J connectivity index is 2.67. The third-order valence-corrected chi connectivity index (χ3v) is 2.89. The first-order chi connectivity index (χ1) is 8.10. The van der Waals surface area contributed by atoms with Crippen LogP contribution in [-0.2, 0) is 14.3 Å². The van der Waals surface area contributed by atoms with Crippen LogP contribution in [0.1, 0.15) is 19.8 Å². The van der Waals surface area contributed by atoms with E-state index in [1.807, 2.05) is 7.05 Å². The van der Waals surface area contributed by atoms with Crippen molar-refractivity contribution >= 4 is 17.5 Å². The van der Waals surface area contributed by atoms with Gasteiger partial charge in [-0.15, -0.1) is 0 Å². The molecule has 6 heteroatoms. The van der Waals surface area contributed by atoms with E-state index >= 15 is 0 Å². The largest absolute Gasteiger partial charge is 0.457 e. The summed E-state index contributed by atoms with van der Waals surface area (Å²) in [5, 5.41) is 0. The number of hydrogen-bond acceptors (Lipinski definition) is 4. The van der Waals surface area contributed by atoms with Crippen molar-refractivity contribution in [3.05, 3.63) is 5.53 Å². The topological polar surface area (TPSA) is 83.0 Å². The van der Waals surface area contributed by atoms with Gasteiger partial charge in [-0.2, -0.15) is 4.79 Å². The number of esters is 1. The molecule has 0 radical (unpaired) electrons. The number of likely N-dealkylation sites (tertiary alicyclic amines) is 1.